The molecule has 0 bridgehead atoms. The highest BCUT2D eigenvalue weighted by molar-refractivity contribution is 5.85. The monoisotopic (exact) mass is 277 g/mol. The summed E-state index contributed by atoms with van der Waals surface area (Å²) in [5.41, 5.74) is 1.73. The second-order valence-electron chi connectivity index (χ2n) is 4.72. The molecule has 0 saturated heterocycles. The van der Waals surface area contributed by atoms with E-state index in [4.69, 9.17) is 4.74 Å². The van der Waals surface area contributed by atoms with Gasteiger partial charge in [0.15, 0.2) is 6.04 Å². The molecular weight excluding hydrogens is 258 g/mol. The molecule has 1 aromatic carbocycles. The zero-order valence-electron chi connectivity index (χ0n) is 11.5. The number of fused-ring (bicyclic) bond motifs is 1. The van der Waals surface area contributed by atoms with Gasteiger partial charge >= 0.3 is 5.97 Å². The largest absolute Gasteiger partial charge is 0.479 e. The van der Waals surface area contributed by atoms with Crippen LogP contribution in [-0.2, 0) is 20.7 Å². The van der Waals surface area contributed by atoms with Crippen molar-refractivity contribution in [3.63, 3.8) is 0 Å². The van der Waals surface area contributed by atoms with E-state index >= 15 is 0 Å². The number of carbonyl (C=O) groups is 2. The summed E-state index contributed by atoms with van der Waals surface area (Å²) in [6.07, 6.45) is 0.917. The molecule has 5 nitrogen and oxygen atoms in total. The molecule has 2 rings (SSSR count). The van der Waals surface area contributed by atoms with Gasteiger partial charge in [-0.25, -0.2) is 4.79 Å². The SMILES string of the molecule is CCOCCC(=O)N1CCc2ccccc2C1C(=O)O. The molecule has 20 heavy (non-hydrogen) atoms. The summed E-state index contributed by atoms with van der Waals surface area (Å²) in [5, 5.41) is 9.45. The summed E-state index contributed by atoms with van der Waals surface area (Å²) < 4.78 is 5.17. The Morgan fingerprint density at radius 1 is 1.40 bits per heavy atom. The second kappa shape index (κ2) is 6.52. The molecule has 1 heterocycles. The van der Waals surface area contributed by atoms with Gasteiger partial charge in [-0.15, -0.1) is 0 Å². The minimum Gasteiger partial charge on any atom is -0.479 e. The first-order chi connectivity index (χ1) is 9.65. The molecule has 0 radical (unpaired) electrons. The Kier molecular flexibility index (Phi) is 4.74. The van der Waals surface area contributed by atoms with Crippen LogP contribution in [0, 0.1) is 0 Å². The summed E-state index contributed by atoms with van der Waals surface area (Å²) in [4.78, 5) is 25.2. The van der Waals surface area contributed by atoms with Crippen LogP contribution in [0.2, 0.25) is 0 Å². The lowest BCUT2D eigenvalue weighted by Gasteiger charge is -2.34. The highest BCUT2D eigenvalue weighted by Gasteiger charge is 2.35. The number of carboxylic acids is 1. The first kappa shape index (κ1) is 14.5. The highest BCUT2D eigenvalue weighted by atomic mass is 16.5. The predicted octanol–water partition coefficient (Wildman–Crippen LogP) is 1.62. The van der Waals surface area contributed by atoms with Gasteiger partial charge in [0.1, 0.15) is 0 Å². The van der Waals surface area contributed by atoms with Crippen LogP contribution in [0.1, 0.15) is 30.5 Å². The van der Waals surface area contributed by atoms with E-state index in [0.29, 0.717) is 26.2 Å². The molecule has 0 aromatic heterocycles. The fraction of sp³-hybridized carbons (Fsp3) is 0.467. The molecule has 1 aliphatic heterocycles. The Morgan fingerprint density at radius 3 is 2.85 bits per heavy atom. The molecule has 1 atom stereocenters. The average molecular weight is 277 g/mol. The number of amides is 1. The smallest absolute Gasteiger partial charge is 0.331 e. The van der Waals surface area contributed by atoms with Gasteiger partial charge in [0.2, 0.25) is 5.91 Å². The zero-order valence-corrected chi connectivity index (χ0v) is 11.5. The Bertz CT molecular complexity index is 500. The molecule has 1 unspecified atom stereocenters. The van der Waals surface area contributed by atoms with Gasteiger partial charge in [-0.1, -0.05) is 24.3 Å². The Morgan fingerprint density at radius 2 is 2.15 bits per heavy atom. The van der Waals surface area contributed by atoms with Crippen molar-refractivity contribution < 1.29 is 19.4 Å². The van der Waals surface area contributed by atoms with E-state index in [-0.39, 0.29) is 12.3 Å². The van der Waals surface area contributed by atoms with Gasteiger partial charge in [-0.2, -0.15) is 0 Å². The van der Waals surface area contributed by atoms with Crippen LogP contribution in [0.25, 0.3) is 0 Å². The van der Waals surface area contributed by atoms with Gasteiger partial charge in [0.05, 0.1) is 13.0 Å². The van der Waals surface area contributed by atoms with E-state index in [2.05, 4.69) is 0 Å². The molecule has 1 aliphatic rings. The van der Waals surface area contributed by atoms with Crippen LogP contribution in [0.4, 0.5) is 0 Å². The van der Waals surface area contributed by atoms with Crippen molar-refractivity contribution in [2.45, 2.75) is 25.8 Å². The minimum absolute atomic E-state index is 0.166. The van der Waals surface area contributed by atoms with E-state index in [0.717, 1.165) is 11.1 Å². The Labute approximate surface area is 118 Å². The maximum absolute atomic E-state index is 12.2. The lowest BCUT2D eigenvalue weighted by atomic mass is 9.92. The number of carboxylic acid groups (broad SMARTS) is 1. The van der Waals surface area contributed by atoms with E-state index in [1.165, 1.54) is 4.90 Å². The number of nitrogens with zero attached hydrogens (tertiary/aromatic N) is 1. The fourth-order valence-corrected chi connectivity index (χ4v) is 2.55. The molecule has 0 saturated carbocycles. The molecule has 0 spiro atoms. The number of carbonyl (C=O) groups excluding carboxylic acids is 1. The van der Waals surface area contributed by atoms with E-state index in [1.54, 1.807) is 6.07 Å². The maximum atomic E-state index is 12.2. The van der Waals surface area contributed by atoms with E-state index < -0.39 is 12.0 Å². The van der Waals surface area contributed by atoms with Crippen molar-refractivity contribution in [3.05, 3.63) is 35.4 Å². The van der Waals surface area contributed by atoms with Gasteiger partial charge in [-0.05, 0) is 24.5 Å². The van der Waals surface area contributed by atoms with E-state index in [1.807, 2.05) is 25.1 Å². The van der Waals surface area contributed by atoms with Gasteiger partial charge in [0, 0.05) is 13.2 Å². The lowest BCUT2D eigenvalue weighted by Crippen LogP contribution is -2.43. The fourth-order valence-electron chi connectivity index (χ4n) is 2.55. The molecule has 0 aliphatic carbocycles. The lowest BCUT2D eigenvalue weighted by molar-refractivity contribution is -0.151. The number of aliphatic carboxylic acids is 1. The third-order valence-electron chi connectivity index (χ3n) is 3.50. The van der Waals surface area contributed by atoms with Crippen molar-refractivity contribution in [1.29, 1.82) is 0 Å². The van der Waals surface area contributed by atoms with Crippen molar-refractivity contribution >= 4 is 11.9 Å². The topological polar surface area (TPSA) is 66.8 Å². The highest BCUT2D eigenvalue weighted by Crippen LogP contribution is 2.30. The Hall–Kier alpha value is -1.88. The van der Waals surface area contributed by atoms with Crippen LogP contribution in [0.3, 0.4) is 0 Å². The van der Waals surface area contributed by atoms with Crippen molar-refractivity contribution in [1.82, 2.24) is 4.90 Å². The maximum Gasteiger partial charge on any atom is 0.331 e. The normalized spacial score (nSPS) is 17.6. The van der Waals surface area contributed by atoms with Gasteiger partial charge in [-0.3, -0.25) is 4.79 Å². The zero-order chi connectivity index (χ0) is 14.5. The molecular formula is C15H19NO4. The quantitative estimate of drug-likeness (QED) is 0.831. The van der Waals surface area contributed by atoms with Gasteiger partial charge in [0.25, 0.3) is 0 Å². The number of hydrogen-bond acceptors (Lipinski definition) is 3. The number of rotatable bonds is 5. The number of hydrogen-bond donors (Lipinski definition) is 1. The second-order valence-corrected chi connectivity index (χ2v) is 4.72. The summed E-state index contributed by atoms with van der Waals surface area (Å²) in [7, 11) is 0. The summed E-state index contributed by atoms with van der Waals surface area (Å²) in [6.45, 7) is 3.19. The van der Waals surface area contributed by atoms with Crippen molar-refractivity contribution in [2.24, 2.45) is 0 Å². The molecule has 5 heteroatoms. The average Bonchev–Trinajstić information content (AvgIpc) is 2.45. The predicted molar refractivity (Wildman–Crippen MR) is 73.3 cm³/mol. The van der Waals surface area contributed by atoms with Crippen LogP contribution < -0.4 is 0 Å². The third kappa shape index (κ3) is 2.99. The molecule has 1 amide bonds. The third-order valence-corrected chi connectivity index (χ3v) is 3.50. The number of benzene rings is 1. The molecule has 0 fully saturated rings. The van der Waals surface area contributed by atoms with Crippen molar-refractivity contribution in [2.75, 3.05) is 19.8 Å². The van der Waals surface area contributed by atoms with Crippen molar-refractivity contribution in [3.8, 4) is 0 Å². The molecule has 1 N–H and O–H groups in total. The first-order valence-electron chi connectivity index (χ1n) is 6.83. The van der Waals surface area contributed by atoms with Crippen LogP contribution >= 0.6 is 0 Å². The first-order valence-corrected chi connectivity index (χ1v) is 6.83. The van der Waals surface area contributed by atoms with Gasteiger partial charge < -0.3 is 14.7 Å². The molecule has 1 aromatic rings. The summed E-state index contributed by atoms with van der Waals surface area (Å²) in [5.74, 6) is -1.15. The summed E-state index contributed by atoms with van der Waals surface area (Å²) >= 11 is 0. The standard InChI is InChI=1S/C15H19NO4/c1-2-20-10-8-13(17)16-9-7-11-5-3-4-6-12(11)14(16)15(18)19/h3-6,14H,2,7-10H2,1H3,(H,18,19). The molecule has 108 valence electrons. The van der Waals surface area contributed by atoms with E-state index in [9.17, 15) is 14.7 Å². The summed E-state index contributed by atoms with van der Waals surface area (Å²) in [6, 6.07) is 6.53. The van der Waals surface area contributed by atoms with Crippen LogP contribution in [0.15, 0.2) is 24.3 Å². The Balaban J connectivity index is 2.18. The minimum atomic E-state index is -0.984. The van der Waals surface area contributed by atoms with Crippen LogP contribution in [0.5, 0.6) is 0 Å². The number of ether oxygens (including phenoxy) is 1. The van der Waals surface area contributed by atoms with Crippen LogP contribution in [-0.4, -0.2) is 41.6 Å².